The Kier molecular flexibility index (Phi) is 13.9. The van der Waals surface area contributed by atoms with Crippen LogP contribution in [0, 0.1) is 0 Å². The zero-order valence-electron chi connectivity index (χ0n) is 14.7. The van der Waals surface area contributed by atoms with Crippen LogP contribution in [-0.2, 0) is 0 Å². The van der Waals surface area contributed by atoms with Gasteiger partial charge < -0.3 is 0 Å². The average molecular weight is 297 g/mol. The van der Waals surface area contributed by atoms with Gasteiger partial charge in [0.05, 0.1) is 0 Å². The maximum absolute atomic E-state index is 3.77. The summed E-state index contributed by atoms with van der Waals surface area (Å²) in [5.41, 5.74) is 0. The van der Waals surface area contributed by atoms with Crippen molar-refractivity contribution in [3.8, 4) is 0 Å². The molecule has 120 valence electrons. The Balaban J connectivity index is 3.01. The lowest BCUT2D eigenvalue weighted by Crippen LogP contribution is -2.18. The maximum Gasteiger partial charge on any atom is 0.0442 e. The summed E-state index contributed by atoms with van der Waals surface area (Å²) in [5.74, 6) is 0. The molecular formula is C19H40Si. The number of rotatable bonds is 15. The van der Waals surface area contributed by atoms with Crippen LogP contribution in [0.25, 0.3) is 0 Å². The molecule has 0 unspecified atom stereocenters. The van der Waals surface area contributed by atoms with E-state index in [1.54, 1.807) is 0 Å². The Bertz CT molecular complexity index is 202. The Hall–Kier alpha value is -0.0431. The second-order valence-electron chi connectivity index (χ2n) is 7.63. The molecule has 0 aliphatic heterocycles. The van der Waals surface area contributed by atoms with E-state index in [1.165, 1.54) is 89.5 Å². The lowest BCUT2D eigenvalue weighted by molar-refractivity contribution is 0.544. The van der Waals surface area contributed by atoms with Gasteiger partial charge in [-0.1, -0.05) is 102 Å². The molecule has 0 saturated carbocycles. The second kappa shape index (κ2) is 13.9. The number of unbranched alkanes of at least 4 members (excludes halogenated alkanes) is 12. The Labute approximate surface area is 130 Å². The van der Waals surface area contributed by atoms with Gasteiger partial charge in [0.2, 0.25) is 0 Å². The lowest BCUT2D eigenvalue weighted by atomic mass is 10.0. The van der Waals surface area contributed by atoms with Crippen molar-refractivity contribution in [3.05, 3.63) is 12.7 Å². The summed E-state index contributed by atoms with van der Waals surface area (Å²) in [6.07, 6.45) is 20.7. The molecule has 0 N–H and O–H groups in total. The second-order valence-corrected chi connectivity index (χ2v) is 13.3. The van der Waals surface area contributed by atoms with Crippen molar-refractivity contribution in [2.75, 3.05) is 0 Å². The molecule has 0 radical (unpaired) electrons. The highest BCUT2D eigenvalue weighted by Crippen LogP contribution is 2.16. The van der Waals surface area contributed by atoms with Gasteiger partial charge in [0.15, 0.2) is 0 Å². The zero-order valence-corrected chi connectivity index (χ0v) is 15.7. The van der Waals surface area contributed by atoms with Crippen LogP contribution in [0.15, 0.2) is 12.7 Å². The molecule has 0 bridgehead atoms. The minimum Gasteiger partial charge on any atom is -0.103 e. The quantitative estimate of drug-likeness (QED) is 0.166. The van der Waals surface area contributed by atoms with Crippen molar-refractivity contribution < 1.29 is 0 Å². The van der Waals surface area contributed by atoms with Gasteiger partial charge in [-0.3, -0.25) is 0 Å². The van der Waals surface area contributed by atoms with E-state index in [4.69, 9.17) is 0 Å². The Morgan fingerprint density at radius 2 is 0.950 bits per heavy atom. The van der Waals surface area contributed by atoms with E-state index in [-0.39, 0.29) is 0 Å². The van der Waals surface area contributed by atoms with Crippen molar-refractivity contribution in [2.45, 2.75) is 109 Å². The first kappa shape index (κ1) is 20.0. The molecule has 0 aromatic rings. The topological polar surface area (TPSA) is 0 Å². The highest BCUT2D eigenvalue weighted by molar-refractivity contribution is 6.76. The average Bonchev–Trinajstić information content (AvgIpc) is 2.38. The number of hydrogen-bond donors (Lipinski definition) is 0. The van der Waals surface area contributed by atoms with E-state index in [9.17, 15) is 0 Å². The Morgan fingerprint density at radius 3 is 1.30 bits per heavy atom. The summed E-state index contributed by atoms with van der Waals surface area (Å²) in [6.45, 7) is 11.2. The van der Waals surface area contributed by atoms with Gasteiger partial charge in [0.25, 0.3) is 0 Å². The normalized spacial score (nSPS) is 11.8. The van der Waals surface area contributed by atoms with Crippen molar-refractivity contribution in [3.63, 3.8) is 0 Å². The minimum atomic E-state index is -0.765. The highest BCUT2D eigenvalue weighted by atomic mass is 28.3. The molecule has 0 rings (SSSR count). The molecule has 0 aromatic carbocycles. The van der Waals surface area contributed by atoms with Gasteiger partial charge in [-0.05, 0) is 12.8 Å². The minimum absolute atomic E-state index is 0.765. The van der Waals surface area contributed by atoms with Crippen molar-refractivity contribution in [1.82, 2.24) is 0 Å². The predicted octanol–water partition coefficient (Wildman–Crippen LogP) is 7.58. The van der Waals surface area contributed by atoms with E-state index < -0.39 is 8.07 Å². The van der Waals surface area contributed by atoms with Crippen LogP contribution in [-0.4, -0.2) is 8.07 Å². The SMILES string of the molecule is C=CCCCCCCCCCCCCCC[Si](C)(C)C. The number of hydrogen-bond acceptors (Lipinski definition) is 0. The lowest BCUT2D eigenvalue weighted by Gasteiger charge is -2.14. The molecule has 0 aliphatic rings. The van der Waals surface area contributed by atoms with Gasteiger partial charge in [-0.2, -0.15) is 0 Å². The summed E-state index contributed by atoms with van der Waals surface area (Å²) < 4.78 is 0. The van der Waals surface area contributed by atoms with E-state index in [0.29, 0.717) is 0 Å². The summed E-state index contributed by atoms with van der Waals surface area (Å²) in [4.78, 5) is 0. The van der Waals surface area contributed by atoms with E-state index in [2.05, 4.69) is 26.2 Å². The third-order valence-electron chi connectivity index (χ3n) is 4.09. The molecule has 0 saturated heterocycles. The van der Waals surface area contributed by atoms with Gasteiger partial charge in [-0.15, -0.1) is 6.58 Å². The molecule has 0 atom stereocenters. The fourth-order valence-electron chi connectivity index (χ4n) is 2.71. The van der Waals surface area contributed by atoms with E-state index in [1.807, 2.05) is 6.08 Å². The fraction of sp³-hybridized carbons (Fsp3) is 0.895. The van der Waals surface area contributed by atoms with Crippen LogP contribution in [0.2, 0.25) is 25.7 Å². The van der Waals surface area contributed by atoms with Gasteiger partial charge >= 0.3 is 0 Å². The first-order valence-electron chi connectivity index (χ1n) is 9.17. The van der Waals surface area contributed by atoms with Crippen molar-refractivity contribution in [1.29, 1.82) is 0 Å². The Morgan fingerprint density at radius 1 is 0.600 bits per heavy atom. The summed E-state index contributed by atoms with van der Waals surface area (Å²) in [6, 6.07) is 1.53. The van der Waals surface area contributed by atoms with Crippen LogP contribution in [0.4, 0.5) is 0 Å². The molecule has 20 heavy (non-hydrogen) atoms. The largest absolute Gasteiger partial charge is 0.103 e. The third-order valence-corrected chi connectivity index (χ3v) is 5.94. The van der Waals surface area contributed by atoms with Gasteiger partial charge in [0.1, 0.15) is 0 Å². The van der Waals surface area contributed by atoms with Crippen LogP contribution >= 0.6 is 0 Å². The summed E-state index contributed by atoms with van der Waals surface area (Å²) >= 11 is 0. The predicted molar refractivity (Wildman–Crippen MR) is 98.4 cm³/mol. The smallest absolute Gasteiger partial charge is 0.0442 e. The van der Waals surface area contributed by atoms with Crippen LogP contribution in [0.5, 0.6) is 0 Å². The molecule has 0 aliphatic carbocycles. The fourth-order valence-corrected chi connectivity index (χ4v) is 4.02. The summed E-state index contributed by atoms with van der Waals surface area (Å²) in [5, 5.41) is 0. The summed E-state index contributed by atoms with van der Waals surface area (Å²) in [7, 11) is -0.765. The van der Waals surface area contributed by atoms with Crippen LogP contribution in [0.1, 0.15) is 83.5 Å². The van der Waals surface area contributed by atoms with Crippen LogP contribution in [0.3, 0.4) is 0 Å². The molecule has 0 heterocycles. The standard InChI is InChI=1S/C19H40Si/c1-5-6-7-8-9-10-11-12-13-14-15-16-17-18-19-20(2,3)4/h5H,1,6-19H2,2-4H3. The monoisotopic (exact) mass is 296 g/mol. The first-order chi connectivity index (χ1) is 9.56. The molecule has 0 nitrogen and oxygen atoms in total. The maximum atomic E-state index is 3.77. The molecule has 0 aromatic heterocycles. The van der Waals surface area contributed by atoms with E-state index in [0.717, 1.165) is 0 Å². The molecule has 1 heteroatoms. The molecular weight excluding hydrogens is 256 g/mol. The molecule has 0 amide bonds. The van der Waals surface area contributed by atoms with Gasteiger partial charge in [0, 0.05) is 8.07 Å². The zero-order chi connectivity index (χ0) is 15.1. The first-order valence-corrected chi connectivity index (χ1v) is 12.9. The third kappa shape index (κ3) is 18.0. The van der Waals surface area contributed by atoms with Crippen molar-refractivity contribution in [2.24, 2.45) is 0 Å². The molecule has 0 fully saturated rings. The molecule has 0 spiro atoms. The van der Waals surface area contributed by atoms with E-state index >= 15 is 0 Å². The van der Waals surface area contributed by atoms with Crippen molar-refractivity contribution >= 4 is 8.07 Å². The highest BCUT2D eigenvalue weighted by Gasteiger charge is 2.11. The number of allylic oxidation sites excluding steroid dienone is 1. The van der Waals surface area contributed by atoms with Crippen LogP contribution < -0.4 is 0 Å². The van der Waals surface area contributed by atoms with Gasteiger partial charge in [-0.25, -0.2) is 0 Å².